The predicted octanol–water partition coefficient (Wildman–Crippen LogP) is 3.42. The fraction of sp³-hybridized carbons (Fsp3) is 0.611. The fourth-order valence-electron chi connectivity index (χ4n) is 3.79. The zero-order valence-corrected chi connectivity index (χ0v) is 12.9. The van der Waals surface area contributed by atoms with Gasteiger partial charge in [0.2, 0.25) is 5.91 Å². The summed E-state index contributed by atoms with van der Waals surface area (Å²) < 4.78 is 5.27. The Kier molecular flexibility index (Phi) is 4.47. The maximum Gasteiger partial charge on any atom is 0.226 e. The number of methoxy groups -OCH3 is 1. The van der Waals surface area contributed by atoms with E-state index in [0.29, 0.717) is 11.9 Å². The van der Waals surface area contributed by atoms with Crippen molar-refractivity contribution in [1.82, 2.24) is 4.90 Å². The number of hydrogen-bond donors (Lipinski definition) is 0. The van der Waals surface area contributed by atoms with E-state index in [2.05, 4.69) is 17.0 Å². The van der Waals surface area contributed by atoms with E-state index in [1.54, 1.807) is 7.11 Å². The van der Waals surface area contributed by atoms with Crippen LogP contribution in [0, 0.1) is 5.92 Å². The summed E-state index contributed by atoms with van der Waals surface area (Å²) in [5.74, 6) is 1.42. The fourth-order valence-corrected chi connectivity index (χ4v) is 3.79. The molecule has 3 nitrogen and oxygen atoms in total. The lowest BCUT2D eigenvalue weighted by Gasteiger charge is -2.31. The Bertz CT molecular complexity index is 494. The van der Waals surface area contributed by atoms with Gasteiger partial charge in [-0.05, 0) is 43.4 Å². The first-order valence-corrected chi connectivity index (χ1v) is 8.21. The number of nitrogens with zero attached hydrogens (tertiary/aromatic N) is 1. The third-order valence-electron chi connectivity index (χ3n) is 4.98. The molecule has 0 bridgehead atoms. The summed E-state index contributed by atoms with van der Waals surface area (Å²) >= 11 is 0. The molecule has 3 heteroatoms. The largest absolute Gasteiger partial charge is 0.497 e. The van der Waals surface area contributed by atoms with Crippen molar-refractivity contribution < 1.29 is 9.53 Å². The molecular formula is C18H25NO2. The molecule has 2 aliphatic rings. The number of carbonyl (C=O) groups is 1. The molecule has 0 N–H and O–H groups in total. The molecule has 1 aliphatic carbocycles. The Labute approximate surface area is 127 Å². The van der Waals surface area contributed by atoms with Crippen LogP contribution in [0.25, 0.3) is 0 Å². The van der Waals surface area contributed by atoms with Gasteiger partial charge in [-0.15, -0.1) is 0 Å². The van der Waals surface area contributed by atoms with E-state index in [1.807, 2.05) is 12.1 Å². The molecule has 1 amide bonds. The Morgan fingerprint density at radius 1 is 1.19 bits per heavy atom. The normalized spacial score (nSPS) is 23.6. The van der Waals surface area contributed by atoms with Gasteiger partial charge in [0.25, 0.3) is 0 Å². The van der Waals surface area contributed by atoms with Crippen LogP contribution in [0.3, 0.4) is 0 Å². The summed E-state index contributed by atoms with van der Waals surface area (Å²) in [6.45, 7) is 0.956. The number of carbonyl (C=O) groups excluding carboxylic acids is 1. The van der Waals surface area contributed by atoms with Crippen LogP contribution >= 0.6 is 0 Å². The Balaban J connectivity index is 1.63. The van der Waals surface area contributed by atoms with E-state index >= 15 is 0 Å². The predicted molar refractivity (Wildman–Crippen MR) is 83.4 cm³/mol. The van der Waals surface area contributed by atoms with Gasteiger partial charge >= 0.3 is 0 Å². The van der Waals surface area contributed by atoms with Gasteiger partial charge in [0.05, 0.1) is 7.11 Å². The van der Waals surface area contributed by atoms with Crippen molar-refractivity contribution in [2.24, 2.45) is 5.92 Å². The van der Waals surface area contributed by atoms with Crippen LogP contribution in [0.4, 0.5) is 0 Å². The summed E-state index contributed by atoms with van der Waals surface area (Å²) in [5, 5.41) is 0. The van der Waals surface area contributed by atoms with E-state index in [1.165, 1.54) is 37.7 Å². The molecule has 0 spiro atoms. The third kappa shape index (κ3) is 3.22. The number of rotatable bonds is 4. The monoisotopic (exact) mass is 287 g/mol. The molecule has 3 rings (SSSR count). The van der Waals surface area contributed by atoms with Gasteiger partial charge < -0.3 is 9.64 Å². The molecule has 1 heterocycles. The average Bonchev–Trinajstić information content (AvgIpc) is 2.89. The van der Waals surface area contributed by atoms with Crippen molar-refractivity contribution in [3.8, 4) is 5.75 Å². The van der Waals surface area contributed by atoms with Crippen molar-refractivity contribution in [2.75, 3.05) is 13.7 Å². The van der Waals surface area contributed by atoms with Crippen LogP contribution in [-0.2, 0) is 11.2 Å². The van der Waals surface area contributed by atoms with Crippen LogP contribution in [0.1, 0.15) is 44.1 Å². The highest BCUT2D eigenvalue weighted by Gasteiger charge is 2.35. The van der Waals surface area contributed by atoms with Crippen molar-refractivity contribution in [3.05, 3.63) is 29.8 Å². The number of hydrogen-bond acceptors (Lipinski definition) is 2. The van der Waals surface area contributed by atoms with Crippen LogP contribution in [0.15, 0.2) is 24.3 Å². The van der Waals surface area contributed by atoms with Gasteiger partial charge in [0, 0.05) is 18.5 Å². The van der Waals surface area contributed by atoms with Crippen molar-refractivity contribution in [1.29, 1.82) is 0 Å². The summed E-state index contributed by atoms with van der Waals surface area (Å²) in [7, 11) is 1.69. The Morgan fingerprint density at radius 3 is 2.76 bits per heavy atom. The molecule has 1 aliphatic heterocycles. The minimum absolute atomic E-state index is 0.166. The van der Waals surface area contributed by atoms with Crippen molar-refractivity contribution in [2.45, 2.75) is 51.0 Å². The molecule has 1 aromatic carbocycles. The van der Waals surface area contributed by atoms with Crippen LogP contribution in [-0.4, -0.2) is 30.5 Å². The molecule has 1 saturated heterocycles. The quantitative estimate of drug-likeness (QED) is 0.849. The Morgan fingerprint density at radius 2 is 2.00 bits per heavy atom. The summed E-state index contributed by atoms with van der Waals surface area (Å²) in [6, 6.07) is 8.62. The number of benzene rings is 1. The highest BCUT2D eigenvalue weighted by atomic mass is 16.5. The van der Waals surface area contributed by atoms with E-state index in [-0.39, 0.29) is 5.92 Å². The molecule has 0 aromatic heterocycles. The van der Waals surface area contributed by atoms with Gasteiger partial charge in [-0.3, -0.25) is 4.79 Å². The van der Waals surface area contributed by atoms with Gasteiger partial charge in [-0.1, -0.05) is 31.4 Å². The van der Waals surface area contributed by atoms with Gasteiger partial charge in [0.1, 0.15) is 5.75 Å². The van der Waals surface area contributed by atoms with E-state index < -0.39 is 0 Å². The molecule has 1 atom stereocenters. The van der Waals surface area contributed by atoms with Crippen molar-refractivity contribution in [3.63, 3.8) is 0 Å². The second kappa shape index (κ2) is 6.50. The SMILES string of the molecule is COc1cccc(CC2CCN(C3CCCCC3)C2=O)c1. The van der Waals surface area contributed by atoms with Crippen LogP contribution < -0.4 is 4.74 Å². The average molecular weight is 287 g/mol. The van der Waals surface area contributed by atoms with Gasteiger partial charge in [-0.25, -0.2) is 0 Å². The molecule has 1 aromatic rings. The van der Waals surface area contributed by atoms with E-state index in [9.17, 15) is 4.79 Å². The first kappa shape index (κ1) is 14.4. The molecule has 2 fully saturated rings. The lowest BCUT2D eigenvalue weighted by atomic mass is 9.94. The third-order valence-corrected chi connectivity index (χ3v) is 4.98. The number of likely N-dealkylation sites (tertiary alicyclic amines) is 1. The summed E-state index contributed by atoms with van der Waals surface area (Å²) in [4.78, 5) is 14.8. The highest BCUT2D eigenvalue weighted by molar-refractivity contribution is 5.81. The smallest absolute Gasteiger partial charge is 0.226 e. The maximum atomic E-state index is 12.7. The summed E-state index contributed by atoms with van der Waals surface area (Å²) in [5.41, 5.74) is 1.21. The molecular weight excluding hydrogens is 262 g/mol. The molecule has 1 unspecified atom stereocenters. The Hall–Kier alpha value is -1.51. The van der Waals surface area contributed by atoms with E-state index in [4.69, 9.17) is 4.74 Å². The molecule has 114 valence electrons. The lowest BCUT2D eigenvalue weighted by molar-refractivity contribution is -0.133. The van der Waals surface area contributed by atoms with Gasteiger partial charge in [-0.2, -0.15) is 0 Å². The second-order valence-corrected chi connectivity index (χ2v) is 6.36. The second-order valence-electron chi connectivity index (χ2n) is 6.36. The van der Waals surface area contributed by atoms with Crippen molar-refractivity contribution >= 4 is 5.91 Å². The van der Waals surface area contributed by atoms with E-state index in [0.717, 1.165) is 25.1 Å². The van der Waals surface area contributed by atoms with Crippen LogP contribution in [0.5, 0.6) is 5.75 Å². The highest BCUT2D eigenvalue weighted by Crippen LogP contribution is 2.30. The number of ether oxygens (including phenoxy) is 1. The standard InChI is InChI=1S/C18H25NO2/c1-21-17-9-5-6-14(13-17)12-15-10-11-19(18(15)20)16-7-3-2-4-8-16/h5-6,9,13,15-16H,2-4,7-8,10-12H2,1H3. The van der Waals surface area contributed by atoms with Crippen LogP contribution in [0.2, 0.25) is 0 Å². The molecule has 21 heavy (non-hydrogen) atoms. The first-order valence-electron chi connectivity index (χ1n) is 8.21. The molecule has 0 radical (unpaired) electrons. The molecule has 1 saturated carbocycles. The lowest BCUT2D eigenvalue weighted by Crippen LogP contribution is -2.39. The van der Waals surface area contributed by atoms with Gasteiger partial charge in [0.15, 0.2) is 0 Å². The first-order chi connectivity index (χ1) is 10.3. The summed E-state index contributed by atoms with van der Waals surface area (Å²) in [6.07, 6.45) is 8.18. The zero-order chi connectivity index (χ0) is 14.7. The minimum Gasteiger partial charge on any atom is -0.497 e. The zero-order valence-electron chi connectivity index (χ0n) is 12.9. The maximum absolute atomic E-state index is 12.7. The topological polar surface area (TPSA) is 29.5 Å². The number of amides is 1. The minimum atomic E-state index is 0.166.